The maximum Gasteiger partial charge on any atom is 0.321 e. The van der Waals surface area contributed by atoms with Crippen LogP contribution in [0.4, 0.5) is 4.79 Å². The van der Waals surface area contributed by atoms with Crippen LogP contribution >= 0.6 is 15.9 Å². The number of rotatable bonds is 3. The van der Waals surface area contributed by atoms with E-state index in [1.165, 1.54) is 0 Å². The number of halogens is 1. The van der Waals surface area contributed by atoms with Crippen molar-refractivity contribution in [1.82, 2.24) is 15.1 Å². The lowest BCUT2D eigenvalue weighted by molar-refractivity contribution is 0.150. The van der Waals surface area contributed by atoms with Gasteiger partial charge in [0.15, 0.2) is 0 Å². The first-order valence-electron chi connectivity index (χ1n) is 7.21. The van der Waals surface area contributed by atoms with E-state index in [0.717, 1.165) is 36.0 Å². The second-order valence-electron chi connectivity index (χ2n) is 5.45. The normalized spacial score (nSPS) is 17.1. The topological polar surface area (TPSA) is 35.6 Å². The van der Waals surface area contributed by atoms with E-state index in [0.29, 0.717) is 6.04 Å². The van der Waals surface area contributed by atoms with Crippen molar-refractivity contribution in [3.8, 4) is 0 Å². The molecule has 5 heteroatoms. The lowest BCUT2D eigenvalue weighted by Crippen LogP contribution is -2.47. The van der Waals surface area contributed by atoms with Crippen LogP contribution in [0.3, 0.4) is 0 Å². The van der Waals surface area contributed by atoms with Gasteiger partial charge in [-0.3, -0.25) is 0 Å². The predicted molar refractivity (Wildman–Crippen MR) is 90.0 cm³/mol. The number of hydrogen-bond acceptors (Lipinski definition) is 2. The third kappa shape index (κ3) is 4.58. The van der Waals surface area contributed by atoms with Crippen LogP contribution in [-0.4, -0.2) is 49.1 Å². The summed E-state index contributed by atoms with van der Waals surface area (Å²) in [6.45, 7) is 2.10. The number of likely N-dealkylation sites (tertiary alicyclic amines) is 1. The molecular weight excluding hydrogens is 330 g/mol. The van der Waals surface area contributed by atoms with E-state index in [9.17, 15) is 4.79 Å². The summed E-state index contributed by atoms with van der Waals surface area (Å²) in [6, 6.07) is 8.19. The van der Waals surface area contributed by atoms with E-state index < -0.39 is 0 Å². The van der Waals surface area contributed by atoms with Gasteiger partial charge in [-0.1, -0.05) is 34.1 Å². The number of hydrogen-bond donors (Lipinski definition) is 1. The number of carbonyl (C=O) groups is 1. The fourth-order valence-electron chi connectivity index (χ4n) is 2.46. The van der Waals surface area contributed by atoms with Gasteiger partial charge in [-0.25, -0.2) is 4.79 Å². The molecule has 2 rings (SSSR count). The maximum atomic E-state index is 12.1. The molecule has 0 aliphatic carbocycles. The van der Waals surface area contributed by atoms with Gasteiger partial charge in [0, 0.05) is 23.8 Å². The average Bonchev–Trinajstić information content (AvgIpc) is 2.49. The SMILES string of the molecule is CN1CCC(N(C)C(=O)N/C=C/c2ccccc2Br)CC1. The van der Waals surface area contributed by atoms with Gasteiger partial charge in [-0.05, 0) is 50.7 Å². The van der Waals surface area contributed by atoms with Crippen molar-refractivity contribution in [2.45, 2.75) is 18.9 Å². The van der Waals surface area contributed by atoms with E-state index in [-0.39, 0.29) is 6.03 Å². The van der Waals surface area contributed by atoms with Crippen LogP contribution in [0.25, 0.3) is 6.08 Å². The third-order valence-electron chi connectivity index (χ3n) is 3.93. The molecule has 0 saturated carbocycles. The predicted octanol–water partition coefficient (Wildman–Crippen LogP) is 3.16. The maximum absolute atomic E-state index is 12.1. The summed E-state index contributed by atoms with van der Waals surface area (Å²) < 4.78 is 1.01. The zero-order chi connectivity index (χ0) is 15.2. The van der Waals surface area contributed by atoms with Crippen molar-refractivity contribution in [2.75, 3.05) is 27.2 Å². The minimum atomic E-state index is -0.0483. The van der Waals surface area contributed by atoms with Crippen LogP contribution in [0.5, 0.6) is 0 Å². The highest BCUT2D eigenvalue weighted by Crippen LogP contribution is 2.17. The Labute approximate surface area is 134 Å². The van der Waals surface area contributed by atoms with Gasteiger partial charge >= 0.3 is 6.03 Å². The molecule has 2 amide bonds. The van der Waals surface area contributed by atoms with E-state index in [4.69, 9.17) is 0 Å². The molecule has 1 aromatic carbocycles. The number of piperidine rings is 1. The number of amides is 2. The molecule has 0 bridgehead atoms. The Morgan fingerprint density at radius 3 is 2.71 bits per heavy atom. The van der Waals surface area contributed by atoms with Crippen molar-refractivity contribution in [1.29, 1.82) is 0 Å². The lowest BCUT2D eigenvalue weighted by Gasteiger charge is -2.34. The molecule has 1 fully saturated rings. The summed E-state index contributed by atoms with van der Waals surface area (Å²) in [4.78, 5) is 16.3. The van der Waals surface area contributed by atoms with E-state index >= 15 is 0 Å². The quantitative estimate of drug-likeness (QED) is 0.907. The lowest BCUT2D eigenvalue weighted by atomic mass is 10.0. The molecular formula is C16H22BrN3O. The first kappa shape index (κ1) is 16.0. The molecule has 0 spiro atoms. The Kier molecular flexibility index (Phi) is 5.82. The van der Waals surface area contributed by atoms with Crippen LogP contribution in [0.1, 0.15) is 18.4 Å². The first-order valence-corrected chi connectivity index (χ1v) is 8.00. The number of carbonyl (C=O) groups excluding carboxylic acids is 1. The van der Waals surface area contributed by atoms with Gasteiger partial charge in [0.2, 0.25) is 0 Å². The summed E-state index contributed by atoms with van der Waals surface area (Å²) >= 11 is 3.48. The van der Waals surface area contributed by atoms with Crippen molar-refractivity contribution >= 4 is 28.0 Å². The van der Waals surface area contributed by atoms with Crippen molar-refractivity contribution in [2.24, 2.45) is 0 Å². The standard InChI is InChI=1S/C16H22BrN3O/c1-19-11-8-14(9-12-19)20(2)16(21)18-10-7-13-5-3-4-6-15(13)17/h3-7,10,14H,8-9,11-12H2,1-2H3,(H,18,21)/b10-7+. The monoisotopic (exact) mass is 351 g/mol. The van der Waals surface area contributed by atoms with Crippen molar-refractivity contribution in [3.05, 3.63) is 40.5 Å². The summed E-state index contributed by atoms with van der Waals surface area (Å²) in [7, 11) is 3.99. The molecule has 1 N–H and O–H groups in total. The summed E-state index contributed by atoms with van der Waals surface area (Å²) in [5, 5.41) is 2.84. The Hall–Kier alpha value is -1.33. The third-order valence-corrected chi connectivity index (χ3v) is 4.65. The number of urea groups is 1. The van der Waals surface area contributed by atoms with Crippen molar-refractivity contribution in [3.63, 3.8) is 0 Å². The first-order chi connectivity index (χ1) is 10.1. The molecule has 21 heavy (non-hydrogen) atoms. The second-order valence-corrected chi connectivity index (χ2v) is 6.30. The number of nitrogens with one attached hydrogen (secondary N) is 1. The Balaban J connectivity index is 1.85. The summed E-state index contributed by atoms with van der Waals surface area (Å²) in [6.07, 6.45) is 5.67. The van der Waals surface area contributed by atoms with Crippen LogP contribution in [-0.2, 0) is 0 Å². The van der Waals surface area contributed by atoms with E-state index in [2.05, 4.69) is 33.2 Å². The minimum Gasteiger partial charge on any atom is -0.325 e. The zero-order valence-corrected chi connectivity index (χ0v) is 14.1. The number of nitrogens with zero attached hydrogens (tertiary/aromatic N) is 2. The van der Waals surface area contributed by atoms with Gasteiger partial charge in [0.1, 0.15) is 0 Å². The van der Waals surface area contributed by atoms with Crippen LogP contribution in [0, 0.1) is 0 Å². The zero-order valence-electron chi connectivity index (χ0n) is 12.6. The molecule has 1 aliphatic heterocycles. The molecule has 0 unspecified atom stereocenters. The molecule has 0 atom stereocenters. The molecule has 1 aliphatic rings. The minimum absolute atomic E-state index is 0.0483. The molecule has 0 aromatic heterocycles. The van der Waals surface area contributed by atoms with E-state index in [1.54, 1.807) is 6.20 Å². The number of benzene rings is 1. The smallest absolute Gasteiger partial charge is 0.321 e. The average molecular weight is 352 g/mol. The summed E-state index contributed by atoms with van der Waals surface area (Å²) in [5.74, 6) is 0. The van der Waals surface area contributed by atoms with Crippen LogP contribution in [0.15, 0.2) is 34.9 Å². The second kappa shape index (κ2) is 7.61. The van der Waals surface area contributed by atoms with Gasteiger partial charge in [0.25, 0.3) is 0 Å². The van der Waals surface area contributed by atoms with Crippen molar-refractivity contribution < 1.29 is 4.79 Å². The molecule has 114 valence electrons. The van der Waals surface area contributed by atoms with E-state index in [1.807, 2.05) is 42.3 Å². The molecule has 4 nitrogen and oxygen atoms in total. The Morgan fingerprint density at radius 2 is 2.05 bits per heavy atom. The van der Waals surface area contributed by atoms with Gasteiger partial charge < -0.3 is 15.1 Å². The Bertz CT molecular complexity index is 510. The largest absolute Gasteiger partial charge is 0.325 e. The summed E-state index contributed by atoms with van der Waals surface area (Å²) in [5.41, 5.74) is 1.04. The van der Waals surface area contributed by atoms with Gasteiger partial charge in [-0.15, -0.1) is 0 Å². The molecule has 1 saturated heterocycles. The molecule has 1 heterocycles. The Morgan fingerprint density at radius 1 is 1.38 bits per heavy atom. The fraction of sp³-hybridized carbons (Fsp3) is 0.438. The fourth-order valence-corrected chi connectivity index (χ4v) is 2.88. The van der Waals surface area contributed by atoms with Crippen LogP contribution < -0.4 is 5.32 Å². The van der Waals surface area contributed by atoms with Crippen LogP contribution in [0.2, 0.25) is 0 Å². The highest BCUT2D eigenvalue weighted by Gasteiger charge is 2.23. The van der Waals surface area contributed by atoms with Gasteiger partial charge in [0.05, 0.1) is 0 Å². The highest BCUT2D eigenvalue weighted by atomic mass is 79.9. The molecule has 0 radical (unpaired) electrons. The van der Waals surface area contributed by atoms with Gasteiger partial charge in [-0.2, -0.15) is 0 Å². The highest BCUT2D eigenvalue weighted by molar-refractivity contribution is 9.10. The molecule has 1 aromatic rings.